The number of sulfonamides is 1. The molecule has 2 N–H and O–H groups in total. The summed E-state index contributed by atoms with van der Waals surface area (Å²) >= 11 is 0. The van der Waals surface area contributed by atoms with Crippen LogP contribution in [0.2, 0.25) is 0 Å². The highest BCUT2D eigenvalue weighted by Gasteiger charge is 2.25. The van der Waals surface area contributed by atoms with Crippen molar-refractivity contribution in [2.75, 3.05) is 26.2 Å². The van der Waals surface area contributed by atoms with Crippen LogP contribution < -0.4 is 10.0 Å². The summed E-state index contributed by atoms with van der Waals surface area (Å²) in [5.41, 5.74) is 4.68. The highest BCUT2D eigenvalue weighted by Crippen LogP contribution is 2.29. The van der Waals surface area contributed by atoms with Gasteiger partial charge < -0.3 is 10.2 Å². The van der Waals surface area contributed by atoms with Crippen molar-refractivity contribution >= 4 is 15.9 Å². The van der Waals surface area contributed by atoms with Gasteiger partial charge >= 0.3 is 0 Å². The van der Waals surface area contributed by atoms with Crippen molar-refractivity contribution in [2.45, 2.75) is 58.9 Å². The summed E-state index contributed by atoms with van der Waals surface area (Å²) in [7, 11) is -3.65. The quantitative estimate of drug-likeness (QED) is 0.814. The second-order valence-corrected chi connectivity index (χ2v) is 9.00. The predicted octanol–water partition coefficient (Wildman–Crippen LogP) is 1.72. The molecule has 0 aromatic heterocycles. The molecule has 7 heteroatoms. The number of amides is 1. The maximum atomic E-state index is 12.9. The van der Waals surface area contributed by atoms with Crippen molar-refractivity contribution in [2.24, 2.45) is 0 Å². The fourth-order valence-electron chi connectivity index (χ4n) is 3.55. The number of hydrogen-bond acceptors (Lipinski definition) is 4. The standard InChI is InChI=1S/C19H31N3O3S/c1-12-11-22(10-9-20-12)18(23)7-8-21-26(24,25)19-16(5)14(3)13(2)15(4)17(19)6/h12,20-21H,7-11H2,1-6H3. The molecule has 146 valence electrons. The molecule has 0 spiro atoms. The van der Waals surface area contributed by atoms with Gasteiger partial charge in [-0.05, 0) is 69.4 Å². The monoisotopic (exact) mass is 381 g/mol. The van der Waals surface area contributed by atoms with E-state index in [2.05, 4.69) is 10.0 Å². The fourth-order valence-corrected chi connectivity index (χ4v) is 5.18. The molecule has 1 unspecified atom stereocenters. The highest BCUT2D eigenvalue weighted by atomic mass is 32.2. The first kappa shape index (κ1) is 20.9. The zero-order chi connectivity index (χ0) is 19.6. The molecule has 1 heterocycles. The van der Waals surface area contributed by atoms with E-state index >= 15 is 0 Å². The first-order chi connectivity index (χ1) is 12.1. The molecule has 1 aromatic rings. The Morgan fingerprint density at radius 2 is 1.62 bits per heavy atom. The number of carbonyl (C=O) groups excluding carboxylic acids is 1. The Labute approximate surface area is 157 Å². The van der Waals surface area contributed by atoms with Gasteiger partial charge in [0.15, 0.2) is 0 Å². The Hall–Kier alpha value is -1.44. The number of carbonyl (C=O) groups is 1. The van der Waals surface area contributed by atoms with Gasteiger partial charge in [-0.1, -0.05) is 0 Å². The second kappa shape index (κ2) is 8.06. The molecule has 0 bridgehead atoms. The Morgan fingerprint density at radius 3 is 2.15 bits per heavy atom. The first-order valence-corrected chi connectivity index (χ1v) is 10.6. The van der Waals surface area contributed by atoms with Crippen LogP contribution in [0.5, 0.6) is 0 Å². The summed E-state index contributed by atoms with van der Waals surface area (Å²) in [5.74, 6) is -0.00855. The molecule has 1 aliphatic heterocycles. The van der Waals surface area contributed by atoms with Crippen LogP contribution in [0.1, 0.15) is 41.2 Å². The van der Waals surface area contributed by atoms with Gasteiger partial charge in [-0.15, -0.1) is 0 Å². The lowest BCUT2D eigenvalue weighted by molar-refractivity contribution is -0.132. The van der Waals surface area contributed by atoms with Gasteiger partial charge in [0.1, 0.15) is 0 Å². The average Bonchev–Trinajstić information content (AvgIpc) is 2.58. The largest absolute Gasteiger partial charge is 0.340 e. The lowest BCUT2D eigenvalue weighted by Gasteiger charge is -2.32. The van der Waals surface area contributed by atoms with Gasteiger partial charge in [0.2, 0.25) is 15.9 Å². The number of piperazine rings is 1. The van der Waals surface area contributed by atoms with Crippen LogP contribution in [0.15, 0.2) is 4.90 Å². The van der Waals surface area contributed by atoms with Crippen LogP contribution in [0, 0.1) is 34.6 Å². The van der Waals surface area contributed by atoms with Gasteiger partial charge in [0.05, 0.1) is 4.90 Å². The maximum absolute atomic E-state index is 12.9. The van der Waals surface area contributed by atoms with Crippen molar-refractivity contribution in [3.8, 4) is 0 Å². The summed E-state index contributed by atoms with van der Waals surface area (Å²) in [6.07, 6.45) is 0.174. The minimum Gasteiger partial charge on any atom is -0.340 e. The van der Waals surface area contributed by atoms with Crippen molar-refractivity contribution in [1.29, 1.82) is 0 Å². The van der Waals surface area contributed by atoms with Crippen molar-refractivity contribution in [3.63, 3.8) is 0 Å². The second-order valence-electron chi connectivity index (χ2n) is 7.30. The molecule has 1 saturated heterocycles. The van der Waals surface area contributed by atoms with E-state index in [0.717, 1.165) is 34.4 Å². The van der Waals surface area contributed by atoms with Crippen LogP contribution in [0.25, 0.3) is 0 Å². The number of nitrogens with one attached hydrogen (secondary N) is 2. The Morgan fingerprint density at radius 1 is 1.08 bits per heavy atom. The smallest absolute Gasteiger partial charge is 0.241 e. The summed E-state index contributed by atoms with van der Waals surface area (Å²) in [5, 5.41) is 3.29. The van der Waals surface area contributed by atoms with Gasteiger partial charge in [-0.25, -0.2) is 13.1 Å². The lowest BCUT2D eigenvalue weighted by atomic mass is 9.95. The van der Waals surface area contributed by atoms with Crippen molar-refractivity contribution < 1.29 is 13.2 Å². The molecule has 2 rings (SSSR count). The van der Waals surface area contributed by atoms with Crippen LogP contribution in [0.3, 0.4) is 0 Å². The van der Waals surface area contributed by atoms with Crippen LogP contribution in [-0.2, 0) is 14.8 Å². The van der Waals surface area contributed by atoms with Crippen LogP contribution in [0.4, 0.5) is 0 Å². The summed E-state index contributed by atoms with van der Waals surface area (Å²) in [6.45, 7) is 13.9. The molecule has 1 amide bonds. The third-order valence-corrected chi connectivity index (χ3v) is 7.29. The zero-order valence-electron chi connectivity index (χ0n) is 16.7. The van der Waals surface area contributed by atoms with E-state index < -0.39 is 10.0 Å². The number of benzene rings is 1. The molecular weight excluding hydrogens is 350 g/mol. The lowest BCUT2D eigenvalue weighted by Crippen LogP contribution is -2.51. The Balaban J connectivity index is 2.09. The molecular formula is C19H31N3O3S. The van der Waals surface area contributed by atoms with E-state index in [0.29, 0.717) is 18.0 Å². The van der Waals surface area contributed by atoms with Crippen LogP contribution >= 0.6 is 0 Å². The number of nitrogens with zero attached hydrogens (tertiary/aromatic N) is 1. The molecule has 6 nitrogen and oxygen atoms in total. The maximum Gasteiger partial charge on any atom is 0.241 e. The summed E-state index contributed by atoms with van der Waals surface area (Å²) in [6, 6.07) is 0.271. The third-order valence-electron chi connectivity index (χ3n) is 5.55. The molecule has 1 aromatic carbocycles. The zero-order valence-corrected chi connectivity index (χ0v) is 17.5. The first-order valence-electron chi connectivity index (χ1n) is 9.14. The van der Waals surface area contributed by atoms with E-state index in [1.165, 1.54) is 0 Å². The van der Waals surface area contributed by atoms with E-state index in [1.807, 2.05) is 41.5 Å². The van der Waals surface area contributed by atoms with Gasteiger partial charge in [-0.2, -0.15) is 0 Å². The third kappa shape index (κ3) is 4.27. The fraction of sp³-hybridized carbons (Fsp3) is 0.632. The summed E-state index contributed by atoms with van der Waals surface area (Å²) in [4.78, 5) is 14.5. The van der Waals surface area contributed by atoms with Crippen molar-refractivity contribution in [3.05, 3.63) is 27.8 Å². The topological polar surface area (TPSA) is 78.5 Å². The molecule has 0 aliphatic carbocycles. The molecule has 1 fully saturated rings. The average molecular weight is 382 g/mol. The minimum atomic E-state index is -3.65. The van der Waals surface area contributed by atoms with Gasteiger partial charge in [0, 0.05) is 38.6 Å². The molecule has 1 aliphatic rings. The molecule has 26 heavy (non-hydrogen) atoms. The van der Waals surface area contributed by atoms with Crippen LogP contribution in [-0.4, -0.2) is 51.4 Å². The number of rotatable bonds is 5. The Kier molecular flexibility index (Phi) is 6.47. The molecule has 0 saturated carbocycles. The minimum absolute atomic E-state index is 0.00855. The Bertz CT molecular complexity index is 774. The van der Waals surface area contributed by atoms with E-state index in [-0.39, 0.29) is 24.9 Å². The van der Waals surface area contributed by atoms with E-state index in [9.17, 15) is 13.2 Å². The SMILES string of the molecule is Cc1c(C)c(C)c(S(=O)(=O)NCCC(=O)N2CCNC(C)C2)c(C)c1C. The molecule has 0 radical (unpaired) electrons. The van der Waals surface area contributed by atoms with E-state index in [1.54, 1.807) is 4.90 Å². The summed E-state index contributed by atoms with van der Waals surface area (Å²) < 4.78 is 28.3. The normalized spacial score (nSPS) is 18.2. The number of hydrogen-bond donors (Lipinski definition) is 2. The molecule has 1 atom stereocenters. The van der Waals surface area contributed by atoms with Gasteiger partial charge in [-0.3, -0.25) is 4.79 Å². The van der Waals surface area contributed by atoms with Gasteiger partial charge in [0.25, 0.3) is 0 Å². The predicted molar refractivity (Wildman–Crippen MR) is 104 cm³/mol. The highest BCUT2D eigenvalue weighted by molar-refractivity contribution is 7.89. The van der Waals surface area contributed by atoms with Crippen molar-refractivity contribution in [1.82, 2.24) is 14.9 Å². The van der Waals surface area contributed by atoms with E-state index in [4.69, 9.17) is 0 Å².